The summed E-state index contributed by atoms with van der Waals surface area (Å²) in [6.07, 6.45) is 1.99. The predicted molar refractivity (Wildman–Crippen MR) is 87.5 cm³/mol. The molecule has 5 heteroatoms. The number of rotatable bonds is 7. The lowest BCUT2D eigenvalue weighted by Gasteiger charge is -2.10. The van der Waals surface area contributed by atoms with Gasteiger partial charge in [-0.25, -0.2) is 13.1 Å². The highest BCUT2D eigenvalue weighted by Crippen LogP contribution is 2.18. The van der Waals surface area contributed by atoms with Gasteiger partial charge in [0.15, 0.2) is 0 Å². The third kappa shape index (κ3) is 4.08. The molecule has 0 atom stereocenters. The van der Waals surface area contributed by atoms with Crippen LogP contribution in [0, 0.1) is 0 Å². The van der Waals surface area contributed by atoms with Gasteiger partial charge in [-0.1, -0.05) is 43.7 Å². The van der Waals surface area contributed by atoms with Crippen molar-refractivity contribution in [2.45, 2.75) is 31.2 Å². The molecule has 22 heavy (non-hydrogen) atoms. The quantitative estimate of drug-likeness (QED) is 0.853. The van der Waals surface area contributed by atoms with Crippen molar-refractivity contribution in [1.29, 1.82) is 0 Å². The highest BCUT2D eigenvalue weighted by Gasteiger charge is 2.14. The average molecular weight is 319 g/mol. The Hall–Kier alpha value is -1.85. The van der Waals surface area contributed by atoms with Gasteiger partial charge in [-0.05, 0) is 30.2 Å². The summed E-state index contributed by atoms with van der Waals surface area (Å²) < 4.78 is 32.5. The van der Waals surface area contributed by atoms with E-state index in [0.717, 1.165) is 24.0 Å². The number of benzene rings is 2. The monoisotopic (exact) mass is 319 g/mol. The first kappa shape index (κ1) is 16.5. The Bertz CT molecular complexity index is 709. The predicted octanol–water partition coefficient (Wildman–Crippen LogP) is 3.13. The summed E-state index contributed by atoms with van der Waals surface area (Å²) in [6, 6.07) is 14.4. The fourth-order valence-corrected chi connectivity index (χ4v) is 3.24. The van der Waals surface area contributed by atoms with Crippen LogP contribution in [0.4, 0.5) is 0 Å². The second-order valence-corrected chi connectivity index (χ2v) is 6.80. The van der Waals surface area contributed by atoms with Gasteiger partial charge >= 0.3 is 0 Å². The summed E-state index contributed by atoms with van der Waals surface area (Å²) in [5.74, 6) is 0.670. The van der Waals surface area contributed by atoms with Crippen LogP contribution in [0.1, 0.15) is 24.5 Å². The maximum Gasteiger partial charge on any atom is 0.240 e. The van der Waals surface area contributed by atoms with Crippen LogP contribution >= 0.6 is 0 Å². The zero-order chi connectivity index (χ0) is 16.0. The van der Waals surface area contributed by atoms with E-state index in [0.29, 0.717) is 5.75 Å². The number of ether oxygens (including phenoxy) is 1. The molecule has 0 aromatic heterocycles. The highest BCUT2D eigenvalue weighted by molar-refractivity contribution is 7.89. The van der Waals surface area contributed by atoms with Crippen LogP contribution in [0.3, 0.4) is 0 Å². The summed E-state index contributed by atoms with van der Waals surface area (Å²) in [4.78, 5) is 0.280. The molecule has 2 rings (SSSR count). The Kier molecular flexibility index (Phi) is 5.57. The SMILES string of the molecule is CCCc1ccc(S(=O)(=O)NCc2ccccc2OC)cc1. The maximum absolute atomic E-state index is 12.3. The van der Waals surface area contributed by atoms with E-state index >= 15 is 0 Å². The number of hydrogen-bond donors (Lipinski definition) is 1. The maximum atomic E-state index is 12.3. The molecule has 0 amide bonds. The number of sulfonamides is 1. The molecule has 0 heterocycles. The molecule has 2 aromatic rings. The van der Waals surface area contributed by atoms with Crippen LogP contribution < -0.4 is 9.46 Å². The molecule has 0 aliphatic rings. The molecule has 0 aliphatic carbocycles. The molecule has 2 aromatic carbocycles. The highest BCUT2D eigenvalue weighted by atomic mass is 32.2. The van der Waals surface area contributed by atoms with Crippen molar-refractivity contribution in [2.24, 2.45) is 0 Å². The third-order valence-corrected chi connectivity index (χ3v) is 4.83. The first-order chi connectivity index (χ1) is 10.6. The molecule has 0 aliphatic heterocycles. The molecule has 0 unspecified atom stereocenters. The smallest absolute Gasteiger partial charge is 0.240 e. The summed E-state index contributed by atoms with van der Waals surface area (Å²) >= 11 is 0. The van der Waals surface area contributed by atoms with Gasteiger partial charge in [0.1, 0.15) is 5.75 Å². The lowest BCUT2D eigenvalue weighted by molar-refractivity contribution is 0.409. The van der Waals surface area contributed by atoms with Crippen LogP contribution in [0.25, 0.3) is 0 Å². The van der Waals surface area contributed by atoms with Crippen molar-refractivity contribution < 1.29 is 13.2 Å². The van der Waals surface area contributed by atoms with Crippen LogP contribution in [-0.2, 0) is 23.0 Å². The molecular weight excluding hydrogens is 298 g/mol. The van der Waals surface area contributed by atoms with Gasteiger partial charge in [0.25, 0.3) is 0 Å². The zero-order valence-corrected chi connectivity index (χ0v) is 13.7. The standard InChI is InChI=1S/C17H21NO3S/c1-3-6-14-9-11-16(12-10-14)22(19,20)18-13-15-7-4-5-8-17(15)21-2/h4-5,7-12,18H,3,6,13H2,1-2H3. The molecule has 0 saturated carbocycles. The van der Waals surface area contributed by atoms with Gasteiger partial charge in [0.05, 0.1) is 12.0 Å². The first-order valence-electron chi connectivity index (χ1n) is 7.27. The Morgan fingerprint density at radius 2 is 1.73 bits per heavy atom. The van der Waals surface area contributed by atoms with Crippen molar-refractivity contribution in [3.8, 4) is 5.75 Å². The summed E-state index contributed by atoms with van der Waals surface area (Å²) in [7, 11) is -1.95. The average Bonchev–Trinajstić information content (AvgIpc) is 2.54. The Labute approximate surface area is 132 Å². The largest absolute Gasteiger partial charge is 0.496 e. The van der Waals surface area contributed by atoms with Crippen LogP contribution in [-0.4, -0.2) is 15.5 Å². The number of nitrogens with one attached hydrogen (secondary N) is 1. The molecule has 0 bridgehead atoms. The molecule has 0 spiro atoms. The van der Waals surface area contributed by atoms with Gasteiger partial charge in [0.2, 0.25) is 10.0 Å². The second-order valence-electron chi connectivity index (χ2n) is 5.03. The van der Waals surface area contributed by atoms with E-state index in [1.807, 2.05) is 36.4 Å². The van der Waals surface area contributed by atoms with Crippen molar-refractivity contribution >= 4 is 10.0 Å². The second kappa shape index (κ2) is 7.42. The lowest BCUT2D eigenvalue weighted by Crippen LogP contribution is -2.23. The Morgan fingerprint density at radius 1 is 1.05 bits per heavy atom. The van der Waals surface area contributed by atoms with E-state index < -0.39 is 10.0 Å². The molecule has 0 saturated heterocycles. The van der Waals surface area contributed by atoms with Crippen LogP contribution in [0.15, 0.2) is 53.4 Å². The van der Waals surface area contributed by atoms with Gasteiger partial charge in [-0.3, -0.25) is 0 Å². The lowest BCUT2D eigenvalue weighted by atomic mass is 10.1. The first-order valence-corrected chi connectivity index (χ1v) is 8.75. The van der Waals surface area contributed by atoms with Gasteiger partial charge in [-0.2, -0.15) is 0 Å². The van der Waals surface area contributed by atoms with Crippen molar-refractivity contribution in [2.75, 3.05) is 7.11 Å². The van der Waals surface area contributed by atoms with Crippen molar-refractivity contribution in [1.82, 2.24) is 4.72 Å². The Morgan fingerprint density at radius 3 is 2.36 bits per heavy atom. The van der Waals surface area contributed by atoms with E-state index in [9.17, 15) is 8.42 Å². The van der Waals surface area contributed by atoms with Gasteiger partial charge in [-0.15, -0.1) is 0 Å². The normalized spacial score (nSPS) is 11.4. The molecule has 118 valence electrons. The number of methoxy groups -OCH3 is 1. The molecule has 1 N–H and O–H groups in total. The third-order valence-electron chi connectivity index (χ3n) is 3.42. The fraction of sp³-hybridized carbons (Fsp3) is 0.294. The minimum absolute atomic E-state index is 0.197. The van der Waals surface area contributed by atoms with E-state index in [-0.39, 0.29) is 11.4 Å². The number of para-hydroxylation sites is 1. The summed E-state index contributed by atoms with van der Waals surface area (Å²) in [5, 5.41) is 0. The fourth-order valence-electron chi connectivity index (χ4n) is 2.23. The van der Waals surface area contributed by atoms with Crippen molar-refractivity contribution in [3.63, 3.8) is 0 Å². The van der Waals surface area contributed by atoms with Gasteiger partial charge in [0, 0.05) is 12.1 Å². The zero-order valence-electron chi connectivity index (χ0n) is 12.9. The van der Waals surface area contributed by atoms with E-state index in [4.69, 9.17) is 4.74 Å². The van der Waals surface area contributed by atoms with E-state index in [1.54, 1.807) is 19.2 Å². The minimum atomic E-state index is -3.52. The molecular formula is C17H21NO3S. The topological polar surface area (TPSA) is 55.4 Å². The van der Waals surface area contributed by atoms with Crippen LogP contribution in [0.2, 0.25) is 0 Å². The summed E-state index contributed by atoms with van der Waals surface area (Å²) in [6.45, 7) is 2.29. The van der Waals surface area contributed by atoms with Crippen LogP contribution in [0.5, 0.6) is 5.75 Å². The molecule has 0 fully saturated rings. The molecule has 4 nitrogen and oxygen atoms in total. The Balaban J connectivity index is 2.10. The van der Waals surface area contributed by atoms with Crippen molar-refractivity contribution in [3.05, 3.63) is 59.7 Å². The number of hydrogen-bond acceptors (Lipinski definition) is 3. The van der Waals surface area contributed by atoms with E-state index in [1.165, 1.54) is 0 Å². The minimum Gasteiger partial charge on any atom is -0.496 e. The summed E-state index contributed by atoms with van der Waals surface area (Å²) in [5.41, 5.74) is 1.95. The number of aryl methyl sites for hydroxylation is 1. The molecule has 0 radical (unpaired) electrons. The van der Waals surface area contributed by atoms with E-state index in [2.05, 4.69) is 11.6 Å². The van der Waals surface area contributed by atoms with Gasteiger partial charge < -0.3 is 4.74 Å².